The summed E-state index contributed by atoms with van der Waals surface area (Å²) in [7, 11) is 0. The van der Waals surface area contributed by atoms with Crippen LogP contribution in [0.2, 0.25) is 0 Å². The highest BCUT2D eigenvalue weighted by Crippen LogP contribution is 2.21. The fourth-order valence-corrected chi connectivity index (χ4v) is 1.71. The Hall–Kier alpha value is -1.05. The van der Waals surface area contributed by atoms with Crippen LogP contribution in [-0.4, -0.2) is 19.3 Å². The molecule has 1 nitrogen and oxygen atoms in total. The highest BCUT2D eigenvalue weighted by Gasteiger charge is 2.21. The summed E-state index contributed by atoms with van der Waals surface area (Å²) in [6.45, 7) is 3.47. The highest BCUT2D eigenvalue weighted by atomic mass is 19.1. The molecular weight excluding hydrogens is 165 g/mol. The molecule has 70 valence electrons. The Kier molecular flexibility index (Phi) is 2.21. The van der Waals surface area contributed by atoms with Crippen molar-refractivity contribution in [3.05, 3.63) is 29.8 Å². The van der Waals surface area contributed by atoms with Crippen LogP contribution in [0.15, 0.2) is 24.3 Å². The molecule has 1 aliphatic heterocycles. The Labute approximate surface area is 78.2 Å². The van der Waals surface area contributed by atoms with Gasteiger partial charge in [-0.15, -0.1) is 0 Å². The van der Waals surface area contributed by atoms with E-state index in [4.69, 9.17) is 0 Å². The molecule has 1 heterocycles. The lowest BCUT2D eigenvalue weighted by Crippen LogP contribution is -2.19. The van der Waals surface area contributed by atoms with Gasteiger partial charge in [-0.2, -0.15) is 0 Å². The first-order valence-electron chi connectivity index (χ1n) is 4.71. The summed E-state index contributed by atoms with van der Waals surface area (Å²) in [5.74, 6) is 0. The van der Waals surface area contributed by atoms with Gasteiger partial charge >= 0.3 is 0 Å². The molecule has 0 aromatic heterocycles. The van der Waals surface area contributed by atoms with Crippen LogP contribution in [0.4, 0.5) is 10.1 Å². The number of halogens is 1. The molecule has 0 radical (unpaired) electrons. The summed E-state index contributed by atoms with van der Waals surface area (Å²) in [5, 5.41) is 0. The monoisotopic (exact) mass is 179 g/mol. The third-order valence-corrected chi connectivity index (χ3v) is 2.53. The van der Waals surface area contributed by atoms with Crippen LogP contribution in [0, 0.1) is 6.92 Å². The zero-order valence-corrected chi connectivity index (χ0v) is 7.83. The number of hydrogen-bond donors (Lipinski definition) is 0. The van der Waals surface area contributed by atoms with Gasteiger partial charge in [-0.1, -0.05) is 17.7 Å². The molecule has 1 aliphatic rings. The maximum Gasteiger partial charge on any atom is 0.119 e. The lowest BCUT2D eigenvalue weighted by molar-refractivity contribution is 0.364. The molecule has 1 saturated heterocycles. The molecule has 0 N–H and O–H groups in total. The van der Waals surface area contributed by atoms with E-state index in [0.717, 1.165) is 12.2 Å². The van der Waals surface area contributed by atoms with Crippen molar-refractivity contribution in [3.63, 3.8) is 0 Å². The molecule has 13 heavy (non-hydrogen) atoms. The van der Waals surface area contributed by atoms with Crippen LogP contribution in [-0.2, 0) is 0 Å². The summed E-state index contributed by atoms with van der Waals surface area (Å²) in [6.07, 6.45) is 0.0368. The van der Waals surface area contributed by atoms with Gasteiger partial charge in [-0.3, -0.25) is 0 Å². The van der Waals surface area contributed by atoms with Gasteiger partial charge in [0.2, 0.25) is 0 Å². The van der Waals surface area contributed by atoms with E-state index in [2.05, 4.69) is 36.1 Å². The molecule has 0 amide bonds. The number of rotatable bonds is 1. The number of benzene rings is 1. The van der Waals surface area contributed by atoms with Crippen LogP contribution in [0.25, 0.3) is 0 Å². The SMILES string of the molecule is Cc1ccc(N2CC[C@H](F)C2)cc1. The molecule has 0 spiro atoms. The quantitative estimate of drug-likeness (QED) is 0.640. The van der Waals surface area contributed by atoms with Crippen LogP contribution >= 0.6 is 0 Å². The number of hydrogen-bond acceptors (Lipinski definition) is 1. The Morgan fingerprint density at radius 3 is 2.54 bits per heavy atom. The number of aryl methyl sites for hydroxylation is 1. The second-order valence-corrected chi connectivity index (χ2v) is 3.67. The van der Waals surface area contributed by atoms with E-state index < -0.39 is 6.17 Å². The van der Waals surface area contributed by atoms with Crippen molar-refractivity contribution in [2.75, 3.05) is 18.0 Å². The van der Waals surface area contributed by atoms with E-state index in [1.807, 2.05) is 0 Å². The van der Waals surface area contributed by atoms with Crippen molar-refractivity contribution < 1.29 is 4.39 Å². The van der Waals surface area contributed by atoms with Crippen molar-refractivity contribution in [2.45, 2.75) is 19.5 Å². The first-order chi connectivity index (χ1) is 6.25. The molecule has 2 rings (SSSR count). The maximum atomic E-state index is 12.9. The fourth-order valence-electron chi connectivity index (χ4n) is 1.71. The third kappa shape index (κ3) is 1.82. The number of anilines is 1. The summed E-state index contributed by atoms with van der Waals surface area (Å²) >= 11 is 0. The van der Waals surface area contributed by atoms with Gasteiger partial charge in [0.05, 0.1) is 0 Å². The molecule has 2 heteroatoms. The van der Waals surface area contributed by atoms with E-state index in [1.54, 1.807) is 0 Å². The smallest absolute Gasteiger partial charge is 0.119 e. The number of alkyl halides is 1. The normalized spacial score (nSPS) is 22.3. The van der Waals surface area contributed by atoms with E-state index >= 15 is 0 Å². The van der Waals surface area contributed by atoms with Gasteiger partial charge in [0, 0.05) is 18.8 Å². The average molecular weight is 179 g/mol. The van der Waals surface area contributed by atoms with Crippen molar-refractivity contribution >= 4 is 5.69 Å². The Balaban J connectivity index is 2.13. The van der Waals surface area contributed by atoms with Crippen LogP contribution in [0.1, 0.15) is 12.0 Å². The standard InChI is InChI=1S/C11H14FN/c1-9-2-4-11(5-3-9)13-7-6-10(12)8-13/h2-5,10H,6-8H2,1H3/t10-/m0/s1. The van der Waals surface area contributed by atoms with E-state index in [0.29, 0.717) is 13.0 Å². The largest absolute Gasteiger partial charge is 0.369 e. The second kappa shape index (κ2) is 3.36. The Morgan fingerprint density at radius 2 is 2.00 bits per heavy atom. The van der Waals surface area contributed by atoms with Crippen molar-refractivity contribution in [3.8, 4) is 0 Å². The summed E-state index contributed by atoms with van der Waals surface area (Å²) < 4.78 is 12.9. The minimum atomic E-state index is -0.638. The third-order valence-electron chi connectivity index (χ3n) is 2.53. The first kappa shape index (κ1) is 8.54. The van der Waals surface area contributed by atoms with Gasteiger partial charge in [-0.25, -0.2) is 4.39 Å². The van der Waals surface area contributed by atoms with Crippen LogP contribution in [0.5, 0.6) is 0 Å². The zero-order chi connectivity index (χ0) is 9.26. The lowest BCUT2D eigenvalue weighted by Gasteiger charge is -2.17. The molecule has 0 bridgehead atoms. The average Bonchev–Trinajstić information content (AvgIpc) is 2.53. The maximum absolute atomic E-state index is 12.9. The molecule has 1 atom stereocenters. The van der Waals surface area contributed by atoms with Gasteiger partial charge in [0.25, 0.3) is 0 Å². The van der Waals surface area contributed by atoms with Crippen molar-refractivity contribution in [1.29, 1.82) is 0 Å². The van der Waals surface area contributed by atoms with Crippen LogP contribution in [0.3, 0.4) is 0 Å². The molecule has 0 aliphatic carbocycles. The van der Waals surface area contributed by atoms with E-state index in [9.17, 15) is 4.39 Å². The zero-order valence-electron chi connectivity index (χ0n) is 7.83. The van der Waals surface area contributed by atoms with E-state index in [-0.39, 0.29) is 0 Å². The molecule has 0 saturated carbocycles. The predicted octanol–water partition coefficient (Wildman–Crippen LogP) is 2.54. The molecule has 1 aromatic carbocycles. The Bertz CT molecular complexity index is 281. The Morgan fingerprint density at radius 1 is 1.31 bits per heavy atom. The predicted molar refractivity (Wildman–Crippen MR) is 52.9 cm³/mol. The van der Waals surface area contributed by atoms with Crippen molar-refractivity contribution in [2.24, 2.45) is 0 Å². The van der Waals surface area contributed by atoms with E-state index in [1.165, 1.54) is 5.56 Å². The summed E-state index contributed by atoms with van der Waals surface area (Å²) in [6, 6.07) is 8.27. The minimum Gasteiger partial charge on any atom is -0.369 e. The topological polar surface area (TPSA) is 3.24 Å². The summed E-state index contributed by atoms with van der Waals surface area (Å²) in [4.78, 5) is 2.10. The lowest BCUT2D eigenvalue weighted by atomic mass is 10.2. The molecule has 1 fully saturated rings. The fraction of sp³-hybridized carbons (Fsp3) is 0.455. The molecule has 0 unspecified atom stereocenters. The van der Waals surface area contributed by atoms with Gasteiger partial charge in [0.1, 0.15) is 6.17 Å². The van der Waals surface area contributed by atoms with Gasteiger partial charge in [-0.05, 0) is 25.5 Å². The van der Waals surface area contributed by atoms with Gasteiger partial charge < -0.3 is 4.90 Å². The summed E-state index contributed by atoms with van der Waals surface area (Å²) in [5.41, 5.74) is 2.39. The van der Waals surface area contributed by atoms with Crippen LogP contribution < -0.4 is 4.90 Å². The number of nitrogens with zero attached hydrogens (tertiary/aromatic N) is 1. The minimum absolute atomic E-state index is 0.559. The second-order valence-electron chi connectivity index (χ2n) is 3.67. The van der Waals surface area contributed by atoms with Gasteiger partial charge in [0.15, 0.2) is 0 Å². The highest BCUT2D eigenvalue weighted by molar-refractivity contribution is 5.48. The molecule has 1 aromatic rings. The van der Waals surface area contributed by atoms with Crippen molar-refractivity contribution in [1.82, 2.24) is 0 Å². The molecular formula is C11H14FN. The first-order valence-corrected chi connectivity index (χ1v) is 4.71.